The van der Waals surface area contributed by atoms with Gasteiger partial charge in [-0.2, -0.15) is 0 Å². The van der Waals surface area contributed by atoms with E-state index < -0.39 is 36.0 Å². The predicted octanol–water partition coefficient (Wildman–Crippen LogP) is 4.89. The minimum Gasteiger partial charge on any atom is -0.504 e. The first-order chi connectivity index (χ1) is 18.5. The quantitative estimate of drug-likeness (QED) is 0.282. The van der Waals surface area contributed by atoms with Crippen LogP contribution in [0.3, 0.4) is 0 Å². The van der Waals surface area contributed by atoms with Gasteiger partial charge in [0.2, 0.25) is 11.5 Å². The lowest BCUT2D eigenvalue weighted by Gasteiger charge is -2.37. The minimum atomic E-state index is -1.15. The highest BCUT2D eigenvalue weighted by molar-refractivity contribution is 5.95. The summed E-state index contributed by atoms with van der Waals surface area (Å²) in [6.07, 6.45) is -0.454. The number of allylic oxidation sites excluding steroid dienone is 1. The molecule has 0 saturated heterocycles. The molecule has 0 fully saturated rings. The number of carbonyl (C=O) groups excluding carboxylic acids is 2. The number of aromatic hydroxyl groups is 1. The van der Waals surface area contributed by atoms with Crippen molar-refractivity contribution in [1.29, 1.82) is 0 Å². The van der Waals surface area contributed by atoms with Gasteiger partial charge in [-0.15, -0.1) is 0 Å². The van der Waals surface area contributed by atoms with Crippen LogP contribution in [0.2, 0.25) is 0 Å². The number of phenolic OH excluding ortho intramolecular Hbond substituents is 1. The van der Waals surface area contributed by atoms with Gasteiger partial charge in [0, 0.05) is 35.1 Å². The molecule has 1 aliphatic carbocycles. The van der Waals surface area contributed by atoms with E-state index in [2.05, 4.69) is 0 Å². The molecule has 39 heavy (non-hydrogen) atoms. The van der Waals surface area contributed by atoms with E-state index in [1.165, 1.54) is 41.4 Å². The molecule has 0 radical (unpaired) electrons. The van der Waals surface area contributed by atoms with Crippen molar-refractivity contribution < 1.29 is 48.2 Å². The number of aliphatic hydroxyl groups is 1. The third-order valence-corrected chi connectivity index (χ3v) is 7.23. The van der Waals surface area contributed by atoms with Gasteiger partial charge >= 0.3 is 11.9 Å². The maximum Gasteiger partial charge on any atom is 0.338 e. The molecule has 0 saturated carbocycles. The van der Waals surface area contributed by atoms with Crippen molar-refractivity contribution in [3.05, 3.63) is 34.9 Å². The third kappa shape index (κ3) is 5.21. The molecule has 4 atom stereocenters. The number of benzene rings is 2. The molecule has 0 spiro atoms. The van der Waals surface area contributed by atoms with Crippen molar-refractivity contribution in [1.82, 2.24) is 0 Å². The number of hydrogen-bond acceptors (Lipinski definition) is 10. The van der Waals surface area contributed by atoms with Crippen LogP contribution in [0.4, 0.5) is 0 Å². The first kappa shape index (κ1) is 29.6. The van der Waals surface area contributed by atoms with Crippen LogP contribution in [-0.2, 0) is 14.3 Å². The van der Waals surface area contributed by atoms with Crippen LogP contribution >= 0.6 is 0 Å². The van der Waals surface area contributed by atoms with Crippen LogP contribution < -0.4 is 23.7 Å². The Labute approximate surface area is 228 Å². The molecule has 0 heterocycles. The molecule has 2 aromatic rings. The highest BCUT2D eigenvalue weighted by atomic mass is 16.6. The summed E-state index contributed by atoms with van der Waals surface area (Å²) >= 11 is 0. The maximum atomic E-state index is 13.1. The summed E-state index contributed by atoms with van der Waals surface area (Å²) in [5, 5.41) is 22.4. The van der Waals surface area contributed by atoms with Crippen molar-refractivity contribution in [2.24, 2.45) is 11.8 Å². The number of esters is 2. The molecule has 10 nitrogen and oxygen atoms in total. The molecule has 10 heteroatoms. The Hall–Kier alpha value is -3.92. The molecule has 0 bridgehead atoms. The largest absolute Gasteiger partial charge is 0.504 e. The molecule has 4 unspecified atom stereocenters. The fourth-order valence-corrected chi connectivity index (χ4v) is 4.86. The molecule has 1 aliphatic rings. The van der Waals surface area contributed by atoms with Crippen LogP contribution in [-0.4, -0.2) is 50.6 Å². The van der Waals surface area contributed by atoms with E-state index in [1.807, 2.05) is 13.8 Å². The Balaban J connectivity index is 2.67. The highest BCUT2D eigenvalue weighted by Crippen LogP contribution is 2.59. The van der Waals surface area contributed by atoms with Gasteiger partial charge in [-0.25, -0.2) is 4.79 Å². The summed E-state index contributed by atoms with van der Waals surface area (Å²) in [7, 11) is 5.57. The Morgan fingerprint density at radius 2 is 1.41 bits per heavy atom. The predicted molar refractivity (Wildman–Crippen MR) is 143 cm³/mol. The topological polar surface area (TPSA) is 130 Å². The van der Waals surface area contributed by atoms with E-state index in [9.17, 15) is 19.8 Å². The molecule has 2 aromatic carbocycles. The minimum absolute atomic E-state index is 0.00333. The highest BCUT2D eigenvalue weighted by Gasteiger charge is 2.42. The normalized spacial score (nSPS) is 20.5. The van der Waals surface area contributed by atoms with Crippen molar-refractivity contribution in [2.75, 3.05) is 28.4 Å². The fourth-order valence-electron chi connectivity index (χ4n) is 4.86. The monoisotopic (exact) mass is 544 g/mol. The molecule has 3 rings (SSSR count). The number of aliphatic hydroxyl groups excluding tert-OH is 1. The van der Waals surface area contributed by atoms with Crippen LogP contribution in [0.15, 0.2) is 23.8 Å². The standard InChI is InChI=1S/C29H36O10/c1-10-13(2)29(33)39-28-22-18(12-20(34-6)26(28)36-8)24(38-16(5)30)15(4)14(3)23(32)17-11-19(31)25(35-7)27(37-9)21(17)22/h10-12,14-15,23-24,31-32H,1-9H3. The fraction of sp³-hybridized carbons (Fsp3) is 0.448. The summed E-state index contributed by atoms with van der Waals surface area (Å²) in [6, 6.07) is 3.03. The van der Waals surface area contributed by atoms with E-state index in [1.54, 1.807) is 26.0 Å². The van der Waals surface area contributed by atoms with Gasteiger partial charge in [-0.05, 0) is 37.5 Å². The Kier molecular flexibility index (Phi) is 9.01. The van der Waals surface area contributed by atoms with Crippen molar-refractivity contribution in [3.8, 4) is 45.6 Å². The zero-order valence-corrected chi connectivity index (χ0v) is 23.7. The maximum absolute atomic E-state index is 13.1. The lowest BCUT2D eigenvalue weighted by molar-refractivity contribution is -0.151. The summed E-state index contributed by atoms with van der Waals surface area (Å²) in [5.41, 5.74) is 1.56. The van der Waals surface area contributed by atoms with E-state index in [0.29, 0.717) is 16.7 Å². The van der Waals surface area contributed by atoms with Gasteiger partial charge < -0.3 is 38.6 Å². The summed E-state index contributed by atoms with van der Waals surface area (Å²) in [5.74, 6) is -2.04. The third-order valence-electron chi connectivity index (χ3n) is 7.23. The van der Waals surface area contributed by atoms with E-state index in [-0.39, 0.29) is 45.6 Å². The van der Waals surface area contributed by atoms with Gasteiger partial charge in [0.15, 0.2) is 23.0 Å². The van der Waals surface area contributed by atoms with E-state index >= 15 is 0 Å². The Morgan fingerprint density at radius 1 is 0.821 bits per heavy atom. The molecule has 212 valence electrons. The number of phenols is 1. The first-order valence-electron chi connectivity index (χ1n) is 12.4. The van der Waals surface area contributed by atoms with Gasteiger partial charge in [0.25, 0.3) is 0 Å². The van der Waals surface area contributed by atoms with Gasteiger partial charge in [-0.3, -0.25) is 4.79 Å². The smallest absolute Gasteiger partial charge is 0.338 e. The second-order valence-electron chi connectivity index (χ2n) is 9.39. The van der Waals surface area contributed by atoms with Crippen LogP contribution in [0.1, 0.15) is 58.0 Å². The molecule has 0 aliphatic heterocycles. The van der Waals surface area contributed by atoms with E-state index in [4.69, 9.17) is 28.4 Å². The molecule has 0 amide bonds. The van der Waals surface area contributed by atoms with Gasteiger partial charge in [0.05, 0.1) is 34.5 Å². The first-order valence-corrected chi connectivity index (χ1v) is 12.4. The van der Waals surface area contributed by atoms with Crippen LogP contribution in [0.25, 0.3) is 11.1 Å². The Bertz CT molecular complexity index is 1300. The molecule has 2 N–H and O–H groups in total. The second-order valence-corrected chi connectivity index (χ2v) is 9.39. The zero-order valence-electron chi connectivity index (χ0n) is 23.7. The lowest BCUT2D eigenvalue weighted by atomic mass is 9.74. The summed E-state index contributed by atoms with van der Waals surface area (Å²) in [6.45, 7) is 8.24. The van der Waals surface area contributed by atoms with Crippen molar-refractivity contribution in [2.45, 2.75) is 46.8 Å². The number of hydrogen-bond donors (Lipinski definition) is 2. The molecule has 0 aromatic heterocycles. The summed E-state index contributed by atoms with van der Waals surface area (Å²) < 4.78 is 34.2. The van der Waals surface area contributed by atoms with Crippen molar-refractivity contribution in [3.63, 3.8) is 0 Å². The number of methoxy groups -OCH3 is 4. The Morgan fingerprint density at radius 3 is 1.92 bits per heavy atom. The molecular weight excluding hydrogens is 508 g/mol. The number of rotatable bonds is 7. The van der Waals surface area contributed by atoms with Crippen LogP contribution in [0.5, 0.6) is 34.5 Å². The number of fused-ring (bicyclic) bond motifs is 3. The SMILES string of the molecule is CC=C(C)C(=O)Oc1c(OC)c(OC)cc2c1-c1c(cc(O)c(OC)c1OC)C(O)C(C)C(C)C2OC(C)=O. The second kappa shape index (κ2) is 11.9. The van der Waals surface area contributed by atoms with Crippen molar-refractivity contribution >= 4 is 11.9 Å². The van der Waals surface area contributed by atoms with Crippen LogP contribution in [0, 0.1) is 11.8 Å². The van der Waals surface area contributed by atoms with Gasteiger partial charge in [-0.1, -0.05) is 19.9 Å². The molecular formula is C29H36O10. The van der Waals surface area contributed by atoms with Gasteiger partial charge in [0.1, 0.15) is 6.10 Å². The zero-order chi connectivity index (χ0) is 29.2. The average Bonchev–Trinajstić information content (AvgIpc) is 2.92. The number of carbonyl (C=O) groups is 2. The van der Waals surface area contributed by atoms with E-state index in [0.717, 1.165) is 0 Å². The lowest BCUT2D eigenvalue weighted by Crippen LogP contribution is -2.29. The summed E-state index contributed by atoms with van der Waals surface area (Å²) in [4.78, 5) is 25.4. The number of ether oxygens (including phenoxy) is 6. The average molecular weight is 545 g/mol.